The Morgan fingerprint density at radius 3 is 2.55 bits per heavy atom. The molecule has 0 aliphatic carbocycles. The van der Waals surface area contributed by atoms with E-state index in [1.165, 1.54) is 5.56 Å². The van der Waals surface area contributed by atoms with Gasteiger partial charge in [0, 0.05) is 11.8 Å². The van der Waals surface area contributed by atoms with Gasteiger partial charge in [0.15, 0.2) is 4.77 Å². The summed E-state index contributed by atoms with van der Waals surface area (Å²) in [5.41, 5.74) is 4.42. The van der Waals surface area contributed by atoms with E-state index in [2.05, 4.69) is 36.2 Å². The largest absolute Gasteiger partial charge is 0.497 e. The second kappa shape index (κ2) is 5.13. The van der Waals surface area contributed by atoms with Gasteiger partial charge in [-0.3, -0.25) is 4.57 Å². The monoisotopic (exact) mass is 284 g/mol. The maximum Gasteiger partial charge on any atom is 0.182 e. The summed E-state index contributed by atoms with van der Waals surface area (Å²) in [4.78, 5) is 3.23. The molecule has 2 aromatic carbocycles. The van der Waals surface area contributed by atoms with Crippen LogP contribution < -0.4 is 4.74 Å². The Morgan fingerprint density at radius 2 is 1.90 bits per heavy atom. The van der Waals surface area contributed by atoms with Gasteiger partial charge in [0.05, 0.1) is 18.1 Å². The van der Waals surface area contributed by atoms with Crippen molar-refractivity contribution >= 4 is 23.3 Å². The first-order valence-electron chi connectivity index (χ1n) is 6.61. The first-order valence-corrected chi connectivity index (χ1v) is 7.02. The van der Waals surface area contributed by atoms with Gasteiger partial charge < -0.3 is 9.72 Å². The molecule has 3 nitrogen and oxygen atoms in total. The Labute approximate surface area is 122 Å². The number of imidazole rings is 1. The first kappa shape index (κ1) is 12.9. The number of hydrogen-bond acceptors (Lipinski definition) is 2. The molecule has 102 valence electrons. The number of H-pyrrole nitrogens is 1. The van der Waals surface area contributed by atoms with Crippen molar-refractivity contribution in [3.63, 3.8) is 0 Å². The lowest BCUT2D eigenvalue weighted by atomic mass is 10.1. The Hall–Kier alpha value is -2.07. The van der Waals surface area contributed by atoms with Crippen LogP contribution in [-0.4, -0.2) is 16.7 Å². The number of nitrogens with one attached hydrogen (secondary N) is 1. The van der Waals surface area contributed by atoms with Crippen molar-refractivity contribution in [1.29, 1.82) is 0 Å². The summed E-state index contributed by atoms with van der Waals surface area (Å²) in [7, 11) is 1.67. The highest BCUT2D eigenvalue weighted by molar-refractivity contribution is 7.71. The van der Waals surface area contributed by atoms with Crippen LogP contribution in [0.5, 0.6) is 5.75 Å². The van der Waals surface area contributed by atoms with Gasteiger partial charge in [-0.15, -0.1) is 0 Å². The summed E-state index contributed by atoms with van der Waals surface area (Å²) in [6.45, 7) is 2.15. The molecule has 1 N–H and O–H groups in total. The highest BCUT2D eigenvalue weighted by Crippen LogP contribution is 2.24. The number of nitrogens with zero attached hydrogens (tertiary/aromatic N) is 1. The van der Waals surface area contributed by atoms with Crippen LogP contribution in [0.3, 0.4) is 0 Å². The lowest BCUT2D eigenvalue weighted by molar-refractivity contribution is 0.415. The molecule has 3 rings (SSSR count). The Kier molecular flexibility index (Phi) is 3.32. The smallest absolute Gasteiger partial charge is 0.182 e. The van der Waals surface area contributed by atoms with E-state index in [1.54, 1.807) is 7.11 Å². The number of aryl methyl sites for hydroxylation is 1. The van der Waals surface area contributed by atoms with E-state index in [9.17, 15) is 0 Å². The third-order valence-corrected chi connectivity index (χ3v) is 3.78. The molecule has 0 radical (unpaired) electrons. The Bertz CT molecular complexity index is 799. The van der Waals surface area contributed by atoms with Crippen LogP contribution >= 0.6 is 12.2 Å². The number of aromatic nitrogens is 2. The van der Waals surface area contributed by atoms with E-state index in [-0.39, 0.29) is 0 Å². The summed E-state index contributed by atoms with van der Waals surface area (Å²) in [6.07, 6.45) is 1.04. The predicted octanol–water partition coefficient (Wildman–Crippen LogP) is 4.26. The second-order valence-corrected chi connectivity index (χ2v) is 5.06. The first-order chi connectivity index (χ1) is 9.72. The molecule has 3 aromatic rings. The van der Waals surface area contributed by atoms with E-state index in [0.717, 1.165) is 28.9 Å². The predicted molar refractivity (Wildman–Crippen MR) is 84.4 cm³/mol. The van der Waals surface area contributed by atoms with E-state index < -0.39 is 0 Å². The van der Waals surface area contributed by atoms with Crippen molar-refractivity contribution < 1.29 is 4.74 Å². The van der Waals surface area contributed by atoms with E-state index in [1.807, 2.05) is 22.8 Å². The fourth-order valence-electron chi connectivity index (χ4n) is 2.35. The molecule has 1 aromatic heterocycles. The highest BCUT2D eigenvalue weighted by atomic mass is 32.1. The Morgan fingerprint density at radius 1 is 1.15 bits per heavy atom. The summed E-state index contributed by atoms with van der Waals surface area (Å²) in [5, 5.41) is 0. The molecule has 0 amide bonds. The number of rotatable bonds is 3. The second-order valence-electron chi connectivity index (χ2n) is 4.67. The Balaban J connectivity index is 2.23. The van der Waals surface area contributed by atoms with Gasteiger partial charge in [-0.05, 0) is 48.5 Å². The number of methoxy groups -OCH3 is 1. The molecule has 0 aliphatic heterocycles. The van der Waals surface area contributed by atoms with E-state index >= 15 is 0 Å². The molecule has 0 saturated heterocycles. The van der Waals surface area contributed by atoms with Crippen molar-refractivity contribution in [3.05, 3.63) is 52.8 Å². The third-order valence-electron chi connectivity index (χ3n) is 3.49. The van der Waals surface area contributed by atoms with Crippen LogP contribution in [0.15, 0.2) is 42.5 Å². The summed E-state index contributed by atoms with van der Waals surface area (Å²) in [5.74, 6) is 0.824. The van der Waals surface area contributed by atoms with Crippen molar-refractivity contribution in [2.75, 3.05) is 7.11 Å². The lowest BCUT2D eigenvalue weighted by Gasteiger charge is -2.06. The van der Waals surface area contributed by atoms with Crippen LogP contribution in [0.2, 0.25) is 0 Å². The fourth-order valence-corrected chi connectivity index (χ4v) is 2.66. The molecule has 0 atom stereocenters. The van der Waals surface area contributed by atoms with Crippen LogP contribution in [0.4, 0.5) is 0 Å². The molecular formula is C16H16N2OS. The number of hydrogen-bond donors (Lipinski definition) is 1. The van der Waals surface area contributed by atoms with Crippen molar-refractivity contribution in [1.82, 2.24) is 9.55 Å². The maximum atomic E-state index is 5.44. The van der Waals surface area contributed by atoms with Crippen LogP contribution in [0.1, 0.15) is 12.5 Å². The maximum absolute atomic E-state index is 5.44. The average molecular weight is 284 g/mol. The molecular weight excluding hydrogens is 268 g/mol. The lowest BCUT2D eigenvalue weighted by Crippen LogP contribution is -1.94. The zero-order valence-electron chi connectivity index (χ0n) is 11.5. The minimum atomic E-state index is 0.692. The quantitative estimate of drug-likeness (QED) is 0.728. The van der Waals surface area contributed by atoms with Crippen molar-refractivity contribution in [2.24, 2.45) is 0 Å². The van der Waals surface area contributed by atoms with Crippen LogP contribution in [0, 0.1) is 4.77 Å². The van der Waals surface area contributed by atoms with Gasteiger partial charge in [-0.2, -0.15) is 0 Å². The third kappa shape index (κ3) is 2.12. The number of ether oxygens (including phenoxy) is 1. The topological polar surface area (TPSA) is 29.9 Å². The summed E-state index contributed by atoms with van der Waals surface area (Å²) < 4.78 is 8.02. The SMILES string of the molecule is CCc1ccc(-n2c(=S)[nH]c3ccc(OC)cc32)cc1. The number of benzene rings is 2. The fraction of sp³-hybridized carbons (Fsp3) is 0.188. The molecule has 20 heavy (non-hydrogen) atoms. The van der Waals surface area contributed by atoms with Crippen LogP contribution in [-0.2, 0) is 6.42 Å². The van der Waals surface area contributed by atoms with Gasteiger partial charge in [-0.25, -0.2) is 0 Å². The zero-order chi connectivity index (χ0) is 14.1. The molecule has 0 aliphatic rings. The van der Waals surface area contributed by atoms with E-state index in [4.69, 9.17) is 17.0 Å². The molecule has 1 heterocycles. The standard InChI is InChI=1S/C16H16N2OS/c1-3-11-4-6-12(7-5-11)18-15-10-13(19-2)8-9-14(15)17-16(18)20/h4-10H,3H2,1-2H3,(H,17,20). The van der Waals surface area contributed by atoms with E-state index in [0.29, 0.717) is 4.77 Å². The number of aromatic amines is 1. The van der Waals surface area contributed by atoms with Gasteiger partial charge >= 0.3 is 0 Å². The van der Waals surface area contributed by atoms with Gasteiger partial charge in [0.1, 0.15) is 5.75 Å². The normalized spacial score (nSPS) is 10.9. The van der Waals surface area contributed by atoms with Gasteiger partial charge in [0.25, 0.3) is 0 Å². The minimum absolute atomic E-state index is 0.692. The molecule has 4 heteroatoms. The average Bonchev–Trinajstić information content (AvgIpc) is 2.82. The van der Waals surface area contributed by atoms with Crippen molar-refractivity contribution in [2.45, 2.75) is 13.3 Å². The zero-order valence-corrected chi connectivity index (χ0v) is 12.3. The molecule has 0 spiro atoms. The van der Waals surface area contributed by atoms with Gasteiger partial charge in [-0.1, -0.05) is 19.1 Å². The molecule has 0 saturated carbocycles. The molecule has 0 fully saturated rings. The van der Waals surface area contributed by atoms with Crippen LogP contribution in [0.25, 0.3) is 16.7 Å². The van der Waals surface area contributed by atoms with Crippen molar-refractivity contribution in [3.8, 4) is 11.4 Å². The molecule has 0 bridgehead atoms. The molecule has 0 unspecified atom stereocenters. The highest BCUT2D eigenvalue weighted by Gasteiger charge is 2.07. The van der Waals surface area contributed by atoms with Gasteiger partial charge in [0.2, 0.25) is 0 Å². The number of fused-ring (bicyclic) bond motifs is 1. The minimum Gasteiger partial charge on any atom is -0.497 e. The summed E-state index contributed by atoms with van der Waals surface area (Å²) >= 11 is 5.44. The summed E-state index contributed by atoms with van der Waals surface area (Å²) in [6, 6.07) is 14.4.